The molecule has 66 valence electrons. The van der Waals surface area contributed by atoms with Crippen LogP contribution >= 0.6 is 0 Å². The standard InChI is InChI=1S/C5H11NO4S/c7-1-2-11(9,10)6-3-5(8)4-6/h5,7-8H,1-4H2. The molecule has 2 N–H and O–H groups in total. The Hall–Kier alpha value is -0.170. The van der Waals surface area contributed by atoms with Crippen LogP contribution in [-0.2, 0) is 10.0 Å². The Morgan fingerprint density at radius 1 is 1.45 bits per heavy atom. The molecule has 0 aromatic heterocycles. The molecule has 6 heteroatoms. The summed E-state index contributed by atoms with van der Waals surface area (Å²) in [4.78, 5) is 0. The summed E-state index contributed by atoms with van der Waals surface area (Å²) < 4.78 is 23.2. The molecular weight excluding hydrogens is 170 g/mol. The Labute approximate surface area is 65.3 Å². The highest BCUT2D eigenvalue weighted by Crippen LogP contribution is 2.12. The molecule has 1 heterocycles. The topological polar surface area (TPSA) is 77.8 Å². The van der Waals surface area contributed by atoms with Crippen molar-refractivity contribution in [2.75, 3.05) is 25.4 Å². The monoisotopic (exact) mass is 181 g/mol. The first kappa shape index (κ1) is 8.92. The van der Waals surface area contributed by atoms with E-state index in [1.165, 1.54) is 0 Å². The summed E-state index contributed by atoms with van der Waals surface area (Å²) in [5.41, 5.74) is 0. The van der Waals surface area contributed by atoms with E-state index in [-0.39, 0.29) is 25.4 Å². The summed E-state index contributed by atoms with van der Waals surface area (Å²) in [6, 6.07) is 0. The maximum Gasteiger partial charge on any atom is 0.216 e. The number of rotatable bonds is 3. The molecule has 1 fully saturated rings. The minimum Gasteiger partial charge on any atom is -0.395 e. The Balaban J connectivity index is 2.47. The second kappa shape index (κ2) is 3.06. The quantitative estimate of drug-likeness (QED) is 0.527. The van der Waals surface area contributed by atoms with Crippen LogP contribution in [0.4, 0.5) is 0 Å². The first-order valence-electron chi connectivity index (χ1n) is 3.33. The van der Waals surface area contributed by atoms with E-state index in [2.05, 4.69) is 0 Å². The van der Waals surface area contributed by atoms with Gasteiger partial charge in [-0.05, 0) is 0 Å². The lowest BCUT2D eigenvalue weighted by Gasteiger charge is -2.34. The van der Waals surface area contributed by atoms with Crippen molar-refractivity contribution < 1.29 is 18.6 Å². The number of hydrogen-bond acceptors (Lipinski definition) is 4. The third kappa shape index (κ3) is 1.90. The number of aliphatic hydroxyl groups excluding tert-OH is 2. The van der Waals surface area contributed by atoms with Crippen LogP contribution in [0.3, 0.4) is 0 Å². The van der Waals surface area contributed by atoms with Gasteiger partial charge in [0, 0.05) is 13.1 Å². The zero-order valence-corrected chi connectivity index (χ0v) is 6.79. The van der Waals surface area contributed by atoms with Gasteiger partial charge in [-0.2, -0.15) is 4.31 Å². The molecule has 1 saturated heterocycles. The van der Waals surface area contributed by atoms with Crippen LogP contribution in [-0.4, -0.2) is 54.5 Å². The van der Waals surface area contributed by atoms with Crippen molar-refractivity contribution in [2.45, 2.75) is 6.10 Å². The lowest BCUT2D eigenvalue weighted by molar-refractivity contribution is 0.0545. The van der Waals surface area contributed by atoms with Crippen LogP contribution < -0.4 is 0 Å². The molecule has 0 radical (unpaired) electrons. The van der Waals surface area contributed by atoms with E-state index < -0.39 is 16.1 Å². The molecule has 1 rings (SSSR count). The third-order valence-electron chi connectivity index (χ3n) is 1.57. The second-order valence-electron chi connectivity index (χ2n) is 2.51. The summed E-state index contributed by atoms with van der Waals surface area (Å²) in [6.45, 7) is -0.0282. The molecule has 1 aliphatic rings. The molecule has 0 amide bonds. The molecule has 0 unspecified atom stereocenters. The zero-order valence-electron chi connectivity index (χ0n) is 5.97. The van der Waals surface area contributed by atoms with Crippen molar-refractivity contribution in [3.05, 3.63) is 0 Å². The molecule has 0 aliphatic carbocycles. The first-order valence-corrected chi connectivity index (χ1v) is 4.94. The Morgan fingerprint density at radius 3 is 2.36 bits per heavy atom. The minimum absolute atomic E-state index is 0.169. The molecule has 0 atom stereocenters. The number of aliphatic hydroxyl groups is 2. The van der Waals surface area contributed by atoms with Crippen molar-refractivity contribution >= 4 is 10.0 Å². The van der Waals surface area contributed by atoms with Crippen LogP contribution in [0.15, 0.2) is 0 Å². The van der Waals surface area contributed by atoms with Crippen LogP contribution in [0.1, 0.15) is 0 Å². The van der Waals surface area contributed by atoms with Crippen molar-refractivity contribution in [1.82, 2.24) is 4.31 Å². The van der Waals surface area contributed by atoms with Gasteiger partial charge in [0.2, 0.25) is 10.0 Å². The van der Waals surface area contributed by atoms with Crippen LogP contribution in [0.5, 0.6) is 0 Å². The fourth-order valence-electron chi connectivity index (χ4n) is 0.888. The summed E-state index contributed by atoms with van der Waals surface area (Å²) in [5.74, 6) is -0.250. The van der Waals surface area contributed by atoms with Gasteiger partial charge in [0.1, 0.15) is 0 Å². The molecule has 0 aromatic rings. The summed E-state index contributed by atoms with van der Waals surface area (Å²) in [6.07, 6.45) is -0.525. The lowest BCUT2D eigenvalue weighted by atomic mass is 10.2. The normalized spacial score (nSPS) is 21.6. The van der Waals surface area contributed by atoms with E-state index in [0.717, 1.165) is 4.31 Å². The molecule has 0 spiro atoms. The van der Waals surface area contributed by atoms with Gasteiger partial charge in [0.05, 0.1) is 18.5 Å². The van der Waals surface area contributed by atoms with Crippen molar-refractivity contribution in [1.29, 1.82) is 0 Å². The van der Waals surface area contributed by atoms with Crippen molar-refractivity contribution in [2.24, 2.45) is 0 Å². The average Bonchev–Trinajstić information content (AvgIpc) is 1.81. The highest BCUT2D eigenvalue weighted by molar-refractivity contribution is 7.89. The number of β-amino-alcohol motifs (C(OH)–C–C–N with tert-alkyl or cyclic N) is 1. The average molecular weight is 181 g/mol. The maximum absolute atomic E-state index is 11.0. The van der Waals surface area contributed by atoms with Gasteiger partial charge in [-0.3, -0.25) is 0 Å². The minimum atomic E-state index is -3.28. The predicted octanol–water partition coefficient (Wildman–Crippen LogP) is -2.01. The zero-order chi connectivity index (χ0) is 8.48. The molecule has 5 nitrogen and oxygen atoms in total. The Morgan fingerprint density at radius 2 is 2.00 bits per heavy atom. The van der Waals surface area contributed by atoms with Crippen LogP contribution in [0.25, 0.3) is 0 Å². The van der Waals surface area contributed by atoms with E-state index in [0.29, 0.717) is 0 Å². The molecular formula is C5H11NO4S. The van der Waals surface area contributed by atoms with Crippen molar-refractivity contribution in [3.63, 3.8) is 0 Å². The fraction of sp³-hybridized carbons (Fsp3) is 1.00. The molecule has 1 aliphatic heterocycles. The van der Waals surface area contributed by atoms with Gasteiger partial charge >= 0.3 is 0 Å². The Kier molecular flexibility index (Phi) is 2.48. The van der Waals surface area contributed by atoms with Crippen LogP contribution in [0, 0.1) is 0 Å². The van der Waals surface area contributed by atoms with Gasteiger partial charge < -0.3 is 10.2 Å². The predicted molar refractivity (Wildman–Crippen MR) is 38.5 cm³/mol. The maximum atomic E-state index is 11.0. The molecule has 0 saturated carbocycles. The third-order valence-corrected chi connectivity index (χ3v) is 3.35. The summed E-state index contributed by atoms with van der Waals surface area (Å²) in [7, 11) is -3.28. The number of hydrogen-bond donors (Lipinski definition) is 2. The second-order valence-corrected chi connectivity index (χ2v) is 4.60. The van der Waals surface area contributed by atoms with Gasteiger partial charge in [0.15, 0.2) is 0 Å². The summed E-state index contributed by atoms with van der Waals surface area (Å²) >= 11 is 0. The van der Waals surface area contributed by atoms with E-state index in [9.17, 15) is 8.42 Å². The summed E-state index contributed by atoms with van der Waals surface area (Å²) in [5, 5.41) is 17.1. The fourth-order valence-corrected chi connectivity index (χ4v) is 2.18. The largest absolute Gasteiger partial charge is 0.395 e. The van der Waals surface area contributed by atoms with E-state index in [4.69, 9.17) is 10.2 Å². The van der Waals surface area contributed by atoms with Gasteiger partial charge in [-0.25, -0.2) is 8.42 Å². The molecule has 0 aromatic carbocycles. The highest BCUT2D eigenvalue weighted by atomic mass is 32.2. The van der Waals surface area contributed by atoms with E-state index in [1.54, 1.807) is 0 Å². The first-order chi connectivity index (χ1) is 5.06. The van der Waals surface area contributed by atoms with Gasteiger partial charge in [0.25, 0.3) is 0 Å². The van der Waals surface area contributed by atoms with E-state index >= 15 is 0 Å². The van der Waals surface area contributed by atoms with Gasteiger partial charge in [-0.15, -0.1) is 0 Å². The number of nitrogens with zero attached hydrogens (tertiary/aromatic N) is 1. The Bertz CT molecular complexity index is 219. The highest BCUT2D eigenvalue weighted by Gasteiger charge is 2.33. The van der Waals surface area contributed by atoms with Crippen molar-refractivity contribution in [3.8, 4) is 0 Å². The van der Waals surface area contributed by atoms with Crippen LogP contribution in [0.2, 0.25) is 0 Å². The van der Waals surface area contributed by atoms with Gasteiger partial charge in [-0.1, -0.05) is 0 Å². The number of sulfonamides is 1. The van der Waals surface area contributed by atoms with E-state index in [1.807, 2.05) is 0 Å². The molecule has 11 heavy (non-hydrogen) atoms. The smallest absolute Gasteiger partial charge is 0.216 e. The lowest BCUT2D eigenvalue weighted by Crippen LogP contribution is -2.54. The SMILES string of the molecule is O=S(=O)(CCO)N1CC(O)C1. The molecule has 0 bridgehead atoms.